The topological polar surface area (TPSA) is 73.5 Å². The van der Waals surface area contributed by atoms with E-state index in [2.05, 4.69) is 16.0 Å². The number of nitrogens with zero attached hydrogens (tertiary/aromatic N) is 1. The Balaban J connectivity index is 1.21. The van der Waals surface area contributed by atoms with Gasteiger partial charge in [-0.15, -0.1) is 0 Å². The van der Waals surface area contributed by atoms with E-state index >= 15 is 0 Å². The number of anilines is 2. The number of likely N-dealkylation sites (tertiary alicyclic amines) is 1. The molecule has 0 bridgehead atoms. The van der Waals surface area contributed by atoms with Crippen LogP contribution < -0.4 is 16.0 Å². The molecule has 1 aliphatic rings. The van der Waals surface area contributed by atoms with Crippen molar-refractivity contribution < 1.29 is 14.0 Å². The van der Waals surface area contributed by atoms with Gasteiger partial charge in [-0.3, -0.25) is 4.79 Å². The lowest BCUT2D eigenvalue weighted by molar-refractivity contribution is -0.115. The third-order valence-corrected chi connectivity index (χ3v) is 6.80. The molecule has 1 saturated heterocycles. The Morgan fingerprint density at radius 1 is 0.889 bits per heavy atom. The number of hydrogen-bond donors (Lipinski definition) is 3. The molecule has 0 atom stereocenters. The third kappa shape index (κ3) is 6.97. The Hall–Kier alpha value is -3.13. The zero-order valence-corrected chi connectivity index (χ0v) is 21.1. The van der Waals surface area contributed by atoms with E-state index in [-0.39, 0.29) is 24.3 Å². The van der Waals surface area contributed by atoms with Gasteiger partial charge in [-0.05, 0) is 66.3 Å². The molecule has 3 aromatic carbocycles. The van der Waals surface area contributed by atoms with Gasteiger partial charge in [-0.25, -0.2) is 9.18 Å². The molecule has 0 radical (unpaired) electrons. The average molecular weight is 529 g/mol. The predicted molar refractivity (Wildman–Crippen MR) is 142 cm³/mol. The summed E-state index contributed by atoms with van der Waals surface area (Å²) < 4.78 is 13.0. The van der Waals surface area contributed by atoms with Crippen LogP contribution in [0.1, 0.15) is 29.9 Å². The van der Waals surface area contributed by atoms with Crippen LogP contribution in [-0.2, 0) is 11.3 Å². The Morgan fingerprint density at radius 3 is 2.17 bits per heavy atom. The van der Waals surface area contributed by atoms with Crippen LogP contribution in [0.25, 0.3) is 0 Å². The van der Waals surface area contributed by atoms with Gasteiger partial charge in [-0.2, -0.15) is 0 Å². The van der Waals surface area contributed by atoms with Crippen LogP contribution >= 0.6 is 23.2 Å². The third-order valence-electron chi connectivity index (χ3n) is 6.17. The van der Waals surface area contributed by atoms with E-state index in [1.165, 1.54) is 17.7 Å². The van der Waals surface area contributed by atoms with Crippen LogP contribution in [0.3, 0.4) is 0 Å². The van der Waals surface area contributed by atoms with Gasteiger partial charge in [0.1, 0.15) is 5.82 Å². The largest absolute Gasteiger partial charge is 0.325 e. The van der Waals surface area contributed by atoms with Crippen LogP contribution in [0.5, 0.6) is 0 Å². The standard InChI is InChI=1S/C27H27Cl2FN4O2/c28-23-2-1-3-24(29)26(23)33-27(36)34-14-12-20(13-15-34)19-6-10-22(11-7-19)32-25(35)17-31-16-18-4-8-21(30)9-5-18/h1-11,20,31H,12-17H2,(H,32,35)(H,33,36). The maximum atomic E-state index is 13.0. The van der Waals surface area contributed by atoms with E-state index < -0.39 is 0 Å². The van der Waals surface area contributed by atoms with Crippen molar-refractivity contribution in [3.8, 4) is 0 Å². The first-order valence-corrected chi connectivity index (χ1v) is 12.5. The minimum atomic E-state index is -0.283. The molecule has 9 heteroatoms. The van der Waals surface area contributed by atoms with Gasteiger partial charge in [0, 0.05) is 25.3 Å². The number of halogens is 3. The Morgan fingerprint density at radius 2 is 1.53 bits per heavy atom. The molecule has 0 aliphatic carbocycles. The molecule has 1 heterocycles. The normalized spacial score (nSPS) is 13.9. The number of carbonyl (C=O) groups excluding carboxylic acids is 2. The highest BCUT2D eigenvalue weighted by Gasteiger charge is 2.24. The first-order valence-electron chi connectivity index (χ1n) is 11.7. The average Bonchev–Trinajstić information content (AvgIpc) is 2.88. The number of urea groups is 1. The van der Waals surface area contributed by atoms with Gasteiger partial charge in [-0.1, -0.05) is 53.5 Å². The molecular weight excluding hydrogens is 502 g/mol. The van der Waals surface area contributed by atoms with Gasteiger partial charge in [0.05, 0.1) is 22.3 Å². The summed E-state index contributed by atoms with van der Waals surface area (Å²) in [5.74, 6) is -0.0994. The second kappa shape index (κ2) is 12.2. The van der Waals surface area contributed by atoms with Crippen molar-refractivity contribution in [2.45, 2.75) is 25.3 Å². The molecule has 3 N–H and O–H groups in total. The quantitative estimate of drug-likeness (QED) is 0.338. The number of amides is 3. The molecule has 0 saturated carbocycles. The summed E-state index contributed by atoms with van der Waals surface area (Å²) in [5.41, 5.74) is 3.23. The summed E-state index contributed by atoms with van der Waals surface area (Å²) in [7, 11) is 0. The predicted octanol–water partition coefficient (Wildman–Crippen LogP) is 6.27. The summed E-state index contributed by atoms with van der Waals surface area (Å²) in [5, 5.41) is 9.56. The summed E-state index contributed by atoms with van der Waals surface area (Å²) in [6.45, 7) is 1.88. The fourth-order valence-electron chi connectivity index (χ4n) is 4.19. The number of nitrogens with one attached hydrogen (secondary N) is 3. The lowest BCUT2D eigenvalue weighted by atomic mass is 9.89. The van der Waals surface area contributed by atoms with Gasteiger partial charge < -0.3 is 20.9 Å². The number of hydrogen-bond acceptors (Lipinski definition) is 3. The van der Waals surface area contributed by atoms with Crippen molar-refractivity contribution in [1.29, 1.82) is 0 Å². The molecule has 3 aromatic rings. The van der Waals surface area contributed by atoms with Crippen LogP contribution in [0.15, 0.2) is 66.7 Å². The minimum absolute atomic E-state index is 0.150. The van der Waals surface area contributed by atoms with Crippen molar-refractivity contribution in [3.05, 3.63) is 93.7 Å². The lowest BCUT2D eigenvalue weighted by Gasteiger charge is -2.32. The van der Waals surface area contributed by atoms with E-state index in [4.69, 9.17) is 23.2 Å². The first kappa shape index (κ1) is 25.9. The molecule has 0 aromatic heterocycles. The highest BCUT2D eigenvalue weighted by Crippen LogP contribution is 2.32. The van der Waals surface area contributed by atoms with Crippen molar-refractivity contribution in [2.75, 3.05) is 30.3 Å². The summed E-state index contributed by atoms with van der Waals surface area (Å²) in [6, 6.07) is 18.9. The molecule has 3 amide bonds. The fraction of sp³-hybridized carbons (Fsp3) is 0.259. The number of piperidine rings is 1. The van der Waals surface area contributed by atoms with Crippen LogP contribution in [-0.4, -0.2) is 36.5 Å². The van der Waals surface area contributed by atoms with E-state index in [1.54, 1.807) is 35.2 Å². The van der Waals surface area contributed by atoms with Crippen molar-refractivity contribution >= 4 is 46.5 Å². The molecule has 0 spiro atoms. The Kier molecular flexibility index (Phi) is 8.80. The summed E-state index contributed by atoms with van der Waals surface area (Å²) in [4.78, 5) is 26.7. The van der Waals surface area contributed by atoms with Crippen molar-refractivity contribution in [3.63, 3.8) is 0 Å². The summed E-state index contributed by atoms with van der Waals surface area (Å²) >= 11 is 12.3. The first-order chi connectivity index (χ1) is 17.4. The Bertz CT molecular complexity index is 1180. The van der Waals surface area contributed by atoms with Crippen molar-refractivity contribution in [1.82, 2.24) is 10.2 Å². The minimum Gasteiger partial charge on any atom is -0.325 e. The number of rotatable bonds is 7. The molecule has 188 valence electrons. The number of para-hydroxylation sites is 1. The van der Waals surface area contributed by atoms with Gasteiger partial charge in [0.25, 0.3) is 0 Å². The van der Waals surface area contributed by atoms with E-state index in [0.29, 0.717) is 41.3 Å². The number of benzene rings is 3. The van der Waals surface area contributed by atoms with Gasteiger partial charge in [0.2, 0.25) is 5.91 Å². The van der Waals surface area contributed by atoms with E-state index in [0.717, 1.165) is 24.1 Å². The molecule has 6 nitrogen and oxygen atoms in total. The fourth-order valence-corrected chi connectivity index (χ4v) is 4.68. The molecule has 0 unspecified atom stereocenters. The van der Waals surface area contributed by atoms with Crippen LogP contribution in [0, 0.1) is 5.82 Å². The van der Waals surface area contributed by atoms with Gasteiger partial charge >= 0.3 is 6.03 Å². The molecule has 1 fully saturated rings. The van der Waals surface area contributed by atoms with E-state index in [9.17, 15) is 14.0 Å². The van der Waals surface area contributed by atoms with Crippen LogP contribution in [0.4, 0.5) is 20.6 Å². The lowest BCUT2D eigenvalue weighted by Crippen LogP contribution is -2.40. The highest BCUT2D eigenvalue weighted by molar-refractivity contribution is 6.39. The zero-order valence-electron chi connectivity index (χ0n) is 19.6. The van der Waals surface area contributed by atoms with E-state index in [1.807, 2.05) is 24.3 Å². The Labute approximate surface area is 219 Å². The van der Waals surface area contributed by atoms with Crippen LogP contribution in [0.2, 0.25) is 10.0 Å². The molecule has 36 heavy (non-hydrogen) atoms. The smallest absolute Gasteiger partial charge is 0.321 e. The van der Waals surface area contributed by atoms with Crippen molar-refractivity contribution in [2.24, 2.45) is 0 Å². The number of carbonyl (C=O) groups is 2. The maximum absolute atomic E-state index is 13.0. The maximum Gasteiger partial charge on any atom is 0.321 e. The summed E-state index contributed by atoms with van der Waals surface area (Å²) in [6.07, 6.45) is 1.67. The SMILES string of the molecule is O=C(CNCc1ccc(F)cc1)Nc1ccc(C2CCN(C(=O)Nc3c(Cl)cccc3Cl)CC2)cc1. The molecular formula is C27H27Cl2FN4O2. The zero-order chi connectivity index (χ0) is 25.5. The second-order valence-corrected chi connectivity index (χ2v) is 9.50. The second-order valence-electron chi connectivity index (χ2n) is 8.69. The highest BCUT2D eigenvalue weighted by atomic mass is 35.5. The molecule has 1 aliphatic heterocycles. The van der Waals surface area contributed by atoms with Gasteiger partial charge in [0.15, 0.2) is 0 Å². The monoisotopic (exact) mass is 528 g/mol. The molecule has 4 rings (SSSR count).